The Hall–Kier alpha value is -2.50. The second kappa shape index (κ2) is 8.93. The Kier molecular flexibility index (Phi) is 6.26. The number of nitrogens with zero attached hydrogens (tertiary/aromatic N) is 4. The number of benzene rings is 1. The van der Waals surface area contributed by atoms with Gasteiger partial charge in [0.25, 0.3) is 0 Å². The quantitative estimate of drug-likeness (QED) is 0.453. The summed E-state index contributed by atoms with van der Waals surface area (Å²) < 4.78 is 28.2. The van der Waals surface area contributed by atoms with Gasteiger partial charge in [0.1, 0.15) is 30.2 Å². The first-order valence-electron chi connectivity index (χ1n) is 9.34. The summed E-state index contributed by atoms with van der Waals surface area (Å²) in [5.74, 6) is 0. The number of aliphatic hydroxyl groups is 1. The van der Waals surface area contributed by atoms with Crippen molar-refractivity contribution in [2.24, 2.45) is 0 Å². The van der Waals surface area contributed by atoms with Gasteiger partial charge in [-0.25, -0.2) is 19.5 Å². The minimum absolute atomic E-state index is 0.457. The third-order valence-corrected chi connectivity index (χ3v) is 5.37. The van der Waals surface area contributed by atoms with Crippen LogP contribution in [-0.4, -0.2) is 66.4 Å². The van der Waals surface area contributed by atoms with Gasteiger partial charge in [0.15, 0.2) is 11.9 Å². The summed E-state index contributed by atoms with van der Waals surface area (Å²) in [5.41, 5.74) is 2.58. The predicted molar refractivity (Wildman–Crippen MR) is 109 cm³/mol. The van der Waals surface area contributed by atoms with E-state index in [9.17, 15) is 9.67 Å². The van der Waals surface area contributed by atoms with Crippen LogP contribution in [0.1, 0.15) is 17.5 Å². The van der Waals surface area contributed by atoms with E-state index in [1.807, 2.05) is 42.5 Å². The average Bonchev–Trinajstić information content (AvgIpc) is 3.31. The number of imidazole rings is 1. The number of hydrogen-bond donors (Lipinski definition) is 3. The third-order valence-electron chi connectivity index (χ3n) is 4.89. The van der Waals surface area contributed by atoms with Crippen LogP contribution < -0.4 is 0 Å². The molecular weight excluding hydrogens is 427 g/mol. The highest BCUT2D eigenvalue weighted by Crippen LogP contribution is 2.39. The van der Waals surface area contributed by atoms with Crippen LogP contribution in [-0.2, 0) is 18.6 Å². The number of aliphatic hydroxyl groups excluding tert-OH is 1. The van der Waals surface area contributed by atoms with E-state index in [-0.39, 0.29) is 0 Å². The van der Waals surface area contributed by atoms with Crippen molar-refractivity contribution in [3.63, 3.8) is 0 Å². The lowest BCUT2D eigenvalue weighted by Gasteiger charge is -2.19. The van der Waals surface area contributed by atoms with E-state index >= 15 is 0 Å². The fourth-order valence-electron chi connectivity index (χ4n) is 3.42. The highest BCUT2D eigenvalue weighted by atomic mass is 31.2. The Bertz CT molecular complexity index is 1120. The Morgan fingerprint density at radius 3 is 2.68 bits per heavy atom. The zero-order valence-electron chi connectivity index (χ0n) is 16.4. The lowest BCUT2D eigenvalue weighted by molar-refractivity contribution is -0.0578. The van der Waals surface area contributed by atoms with Gasteiger partial charge >= 0.3 is 7.82 Å². The van der Waals surface area contributed by atoms with Crippen molar-refractivity contribution < 1.29 is 33.5 Å². The number of phosphoric acid groups is 1. The fraction of sp³-hybridized carbons (Fsp3) is 0.316. The van der Waals surface area contributed by atoms with Gasteiger partial charge in [-0.15, -0.1) is 0 Å². The number of rotatable bonds is 7. The van der Waals surface area contributed by atoms with Gasteiger partial charge in [-0.2, -0.15) is 0 Å². The van der Waals surface area contributed by atoms with Crippen molar-refractivity contribution in [2.75, 3.05) is 13.7 Å². The van der Waals surface area contributed by atoms with Gasteiger partial charge in [-0.3, -0.25) is 9.09 Å². The van der Waals surface area contributed by atoms with Gasteiger partial charge < -0.3 is 24.4 Å². The third kappa shape index (κ3) is 4.73. The van der Waals surface area contributed by atoms with Gasteiger partial charge in [0.05, 0.1) is 18.6 Å². The zero-order valence-corrected chi connectivity index (χ0v) is 17.3. The molecule has 0 radical (unpaired) electrons. The molecule has 3 N–H and O–H groups in total. The van der Waals surface area contributed by atoms with Crippen molar-refractivity contribution in [2.45, 2.75) is 24.5 Å². The highest BCUT2D eigenvalue weighted by molar-refractivity contribution is 7.46. The zero-order chi connectivity index (χ0) is 22.0. The minimum atomic E-state index is -4.71. The van der Waals surface area contributed by atoms with Crippen LogP contribution in [0.5, 0.6) is 0 Å². The molecule has 2 aromatic heterocycles. The summed E-state index contributed by atoms with van der Waals surface area (Å²) in [5, 5.41) is 10.5. The molecule has 164 valence electrons. The molecule has 4 atom stereocenters. The number of phosphoric ester groups is 1. The molecule has 1 fully saturated rings. The van der Waals surface area contributed by atoms with Gasteiger partial charge in [0, 0.05) is 7.11 Å². The second-order valence-electron chi connectivity index (χ2n) is 6.87. The van der Waals surface area contributed by atoms with Crippen molar-refractivity contribution in [1.82, 2.24) is 19.5 Å². The first-order valence-corrected chi connectivity index (χ1v) is 10.9. The molecule has 0 bridgehead atoms. The molecule has 0 amide bonds. The molecule has 12 heteroatoms. The lowest BCUT2D eigenvalue weighted by atomic mass is 10.1. The normalized spacial score (nSPS) is 24.4. The number of fused-ring (bicyclic) bond motifs is 1. The Balaban J connectivity index is 1.62. The summed E-state index contributed by atoms with van der Waals surface area (Å²) in [4.78, 5) is 30.8. The van der Waals surface area contributed by atoms with Gasteiger partial charge in [-0.1, -0.05) is 36.4 Å². The summed E-state index contributed by atoms with van der Waals surface area (Å²) >= 11 is 0. The first-order chi connectivity index (χ1) is 14.9. The summed E-state index contributed by atoms with van der Waals surface area (Å²) in [6.07, 6.45) is 2.76. The van der Waals surface area contributed by atoms with E-state index in [0.717, 1.165) is 5.56 Å². The molecule has 1 saturated heterocycles. The van der Waals surface area contributed by atoms with E-state index in [1.54, 1.807) is 4.57 Å². The van der Waals surface area contributed by atoms with Crippen molar-refractivity contribution in [3.05, 3.63) is 54.2 Å². The number of ether oxygens (including phenoxy) is 2. The molecule has 1 aromatic carbocycles. The predicted octanol–water partition coefficient (Wildman–Crippen LogP) is 1.38. The molecule has 1 aliphatic heterocycles. The highest BCUT2D eigenvalue weighted by Gasteiger charge is 2.46. The van der Waals surface area contributed by atoms with Gasteiger partial charge in [-0.05, 0) is 11.6 Å². The Morgan fingerprint density at radius 1 is 1.19 bits per heavy atom. The molecular formula is C19H21N4O7P. The van der Waals surface area contributed by atoms with Crippen LogP contribution in [0.2, 0.25) is 0 Å². The van der Waals surface area contributed by atoms with Crippen LogP contribution in [0.4, 0.5) is 0 Å². The van der Waals surface area contributed by atoms with Crippen LogP contribution in [0.3, 0.4) is 0 Å². The molecule has 3 aromatic rings. The van der Waals surface area contributed by atoms with Crippen LogP contribution in [0.25, 0.3) is 23.3 Å². The maximum atomic E-state index is 11.0. The summed E-state index contributed by atoms with van der Waals surface area (Å²) in [7, 11) is -3.31. The maximum absolute atomic E-state index is 11.0. The lowest BCUT2D eigenvalue weighted by Crippen LogP contribution is -2.35. The SMILES string of the molecule is CO[C@@H]1[C@H](O)[C@@H](COP(=O)(O)O)O[C@H]1n1cnc2c(C=Cc3ccccc3)ncnc21. The standard InChI is InChI=1S/C19H21N4O7P/c1-28-17-16(24)14(9-29-31(25,26)27)30-19(17)23-11-22-15-13(20-10-21-18(15)23)8-7-12-5-3-2-4-6-12/h2-8,10-11,14,16-17,19,24H,9H2,1H3,(H2,25,26,27)/t14-,16-,17-,19-/m1/s1. The molecule has 3 heterocycles. The number of hydrogen-bond acceptors (Lipinski definition) is 8. The van der Waals surface area contributed by atoms with E-state index in [2.05, 4.69) is 19.5 Å². The molecule has 11 nitrogen and oxygen atoms in total. The molecule has 0 saturated carbocycles. The van der Waals surface area contributed by atoms with Crippen LogP contribution in [0, 0.1) is 0 Å². The van der Waals surface area contributed by atoms with E-state index in [0.29, 0.717) is 16.9 Å². The average molecular weight is 448 g/mol. The molecule has 1 aliphatic rings. The Morgan fingerprint density at radius 2 is 1.97 bits per heavy atom. The van der Waals surface area contributed by atoms with Crippen molar-refractivity contribution in [1.29, 1.82) is 0 Å². The fourth-order valence-corrected chi connectivity index (χ4v) is 3.76. The van der Waals surface area contributed by atoms with Gasteiger partial charge in [0.2, 0.25) is 0 Å². The summed E-state index contributed by atoms with van der Waals surface area (Å²) in [6, 6.07) is 9.73. The first kappa shape index (κ1) is 21.7. The topological polar surface area (TPSA) is 149 Å². The second-order valence-corrected chi connectivity index (χ2v) is 8.11. The number of methoxy groups -OCH3 is 1. The van der Waals surface area contributed by atoms with Crippen LogP contribution >= 0.6 is 7.82 Å². The number of aromatic nitrogens is 4. The monoisotopic (exact) mass is 448 g/mol. The molecule has 0 spiro atoms. The molecule has 0 unspecified atom stereocenters. The molecule has 0 aliphatic carbocycles. The molecule has 4 rings (SSSR count). The van der Waals surface area contributed by atoms with Crippen LogP contribution in [0.15, 0.2) is 43.0 Å². The van der Waals surface area contributed by atoms with E-state index in [1.165, 1.54) is 19.8 Å². The summed E-state index contributed by atoms with van der Waals surface area (Å²) in [6.45, 7) is -0.505. The molecule has 31 heavy (non-hydrogen) atoms. The van der Waals surface area contributed by atoms with Crippen molar-refractivity contribution in [3.8, 4) is 0 Å². The van der Waals surface area contributed by atoms with Crippen molar-refractivity contribution >= 4 is 31.1 Å². The van der Waals surface area contributed by atoms with E-state index in [4.69, 9.17) is 19.3 Å². The minimum Gasteiger partial charge on any atom is -0.387 e. The largest absolute Gasteiger partial charge is 0.469 e. The van der Waals surface area contributed by atoms with E-state index < -0.39 is 39.0 Å². The maximum Gasteiger partial charge on any atom is 0.469 e. The Labute approximate surface area is 177 Å². The smallest absolute Gasteiger partial charge is 0.387 e.